The molecule has 0 heterocycles. The van der Waals surface area contributed by atoms with E-state index >= 15 is 0 Å². The summed E-state index contributed by atoms with van der Waals surface area (Å²) in [6, 6.07) is 18.1. The third kappa shape index (κ3) is 5.59. The Balaban J connectivity index is 1.90. The van der Waals surface area contributed by atoms with Gasteiger partial charge < -0.3 is 0 Å². The Morgan fingerprint density at radius 3 is 2.28 bits per heavy atom. The van der Waals surface area contributed by atoms with E-state index in [2.05, 4.69) is 46.8 Å². The minimum atomic E-state index is -4.01. The van der Waals surface area contributed by atoms with Crippen molar-refractivity contribution in [2.24, 2.45) is 10.2 Å². The first-order valence-corrected chi connectivity index (χ1v) is 11.4. The van der Waals surface area contributed by atoms with Gasteiger partial charge in [0.1, 0.15) is 0 Å². The quantitative estimate of drug-likeness (QED) is 0.402. The van der Waals surface area contributed by atoms with Crippen LogP contribution in [0.2, 0.25) is 0 Å². The van der Waals surface area contributed by atoms with Gasteiger partial charge in [-0.1, -0.05) is 55.6 Å². The minimum absolute atomic E-state index is 0.00544. The fraction of sp³-hybridized carbons (Fsp3) is 0.0500. The molecule has 1 N–H and O–H groups in total. The molecule has 0 bridgehead atoms. The SMILES string of the molecule is Cc1ccc(S(=O)(=O)NC(=O)c2ccc(Br)cc2N=Nc2cccc(Br)c2)cc1. The molecule has 6 nitrogen and oxygen atoms in total. The number of carbonyl (C=O) groups is 1. The molecule has 0 aliphatic rings. The average Bonchev–Trinajstić information content (AvgIpc) is 2.66. The first-order chi connectivity index (χ1) is 13.7. The Hall–Kier alpha value is -2.36. The molecule has 0 fully saturated rings. The van der Waals surface area contributed by atoms with Gasteiger partial charge in [-0.25, -0.2) is 13.1 Å². The number of hydrogen-bond donors (Lipinski definition) is 1. The normalized spacial score (nSPS) is 11.6. The summed E-state index contributed by atoms with van der Waals surface area (Å²) in [6.45, 7) is 1.85. The van der Waals surface area contributed by atoms with Gasteiger partial charge in [0.2, 0.25) is 0 Å². The van der Waals surface area contributed by atoms with Gasteiger partial charge in [-0.05, 0) is 55.5 Å². The van der Waals surface area contributed by atoms with E-state index < -0.39 is 15.9 Å². The Kier molecular flexibility index (Phi) is 6.61. The standard InChI is InChI=1S/C20H15Br2N3O3S/c1-13-5-8-17(9-6-13)29(27,28)25-20(26)18-10-7-15(22)12-19(18)24-23-16-4-2-3-14(21)11-16/h2-12H,1H3,(H,25,26). The summed E-state index contributed by atoms with van der Waals surface area (Å²) in [5.74, 6) is -0.790. The van der Waals surface area contributed by atoms with Gasteiger partial charge >= 0.3 is 0 Å². The number of halogens is 2. The second-order valence-corrected chi connectivity index (χ2v) is 9.60. The van der Waals surface area contributed by atoms with Crippen molar-refractivity contribution in [3.8, 4) is 0 Å². The van der Waals surface area contributed by atoms with E-state index in [1.165, 1.54) is 18.2 Å². The molecule has 0 aliphatic carbocycles. The van der Waals surface area contributed by atoms with Crippen LogP contribution in [0.3, 0.4) is 0 Å². The lowest BCUT2D eigenvalue weighted by molar-refractivity contribution is 0.0982. The van der Waals surface area contributed by atoms with Crippen LogP contribution in [-0.4, -0.2) is 14.3 Å². The van der Waals surface area contributed by atoms with E-state index in [9.17, 15) is 13.2 Å². The van der Waals surface area contributed by atoms with Gasteiger partial charge in [-0.15, -0.1) is 5.11 Å². The highest BCUT2D eigenvalue weighted by Crippen LogP contribution is 2.27. The highest BCUT2D eigenvalue weighted by Gasteiger charge is 2.21. The number of azo groups is 1. The molecule has 29 heavy (non-hydrogen) atoms. The maximum absolute atomic E-state index is 12.7. The van der Waals surface area contributed by atoms with E-state index in [-0.39, 0.29) is 16.1 Å². The summed E-state index contributed by atoms with van der Waals surface area (Å²) >= 11 is 6.69. The topological polar surface area (TPSA) is 88.0 Å². The Morgan fingerprint density at radius 2 is 1.59 bits per heavy atom. The van der Waals surface area contributed by atoms with Crippen LogP contribution in [0, 0.1) is 6.92 Å². The summed E-state index contributed by atoms with van der Waals surface area (Å²) in [7, 11) is -4.01. The molecule has 0 saturated heterocycles. The molecule has 148 valence electrons. The highest BCUT2D eigenvalue weighted by molar-refractivity contribution is 9.10. The van der Waals surface area contributed by atoms with Gasteiger partial charge in [0, 0.05) is 8.95 Å². The molecule has 0 spiro atoms. The fourth-order valence-electron chi connectivity index (χ4n) is 2.38. The van der Waals surface area contributed by atoms with Crippen molar-refractivity contribution in [1.82, 2.24) is 4.72 Å². The van der Waals surface area contributed by atoms with Crippen molar-refractivity contribution >= 4 is 59.2 Å². The van der Waals surface area contributed by atoms with E-state index in [4.69, 9.17) is 0 Å². The van der Waals surface area contributed by atoms with Crippen molar-refractivity contribution in [3.05, 3.63) is 86.8 Å². The Morgan fingerprint density at radius 1 is 0.897 bits per heavy atom. The van der Waals surface area contributed by atoms with Crippen LogP contribution in [0.1, 0.15) is 15.9 Å². The maximum atomic E-state index is 12.7. The first-order valence-electron chi connectivity index (χ1n) is 8.35. The van der Waals surface area contributed by atoms with Crippen molar-refractivity contribution < 1.29 is 13.2 Å². The van der Waals surface area contributed by atoms with Crippen LogP contribution in [0.4, 0.5) is 11.4 Å². The lowest BCUT2D eigenvalue weighted by atomic mass is 10.2. The zero-order valence-corrected chi connectivity index (χ0v) is 19.1. The predicted molar refractivity (Wildman–Crippen MR) is 118 cm³/mol. The van der Waals surface area contributed by atoms with E-state index in [1.807, 2.05) is 13.0 Å². The zero-order chi connectivity index (χ0) is 21.0. The number of nitrogens with zero attached hydrogens (tertiary/aromatic N) is 2. The van der Waals surface area contributed by atoms with E-state index in [0.29, 0.717) is 10.2 Å². The molecule has 3 aromatic rings. The molecule has 0 unspecified atom stereocenters. The fourth-order valence-corrected chi connectivity index (χ4v) is 4.09. The van der Waals surface area contributed by atoms with Gasteiger partial charge in [0.05, 0.1) is 21.8 Å². The second-order valence-electron chi connectivity index (χ2n) is 6.09. The van der Waals surface area contributed by atoms with E-state index in [1.54, 1.807) is 42.5 Å². The average molecular weight is 537 g/mol. The summed E-state index contributed by atoms with van der Waals surface area (Å²) in [4.78, 5) is 12.7. The molecule has 1 amide bonds. The van der Waals surface area contributed by atoms with Crippen molar-refractivity contribution in [3.63, 3.8) is 0 Å². The van der Waals surface area contributed by atoms with Gasteiger partial charge in [0.25, 0.3) is 15.9 Å². The van der Waals surface area contributed by atoms with E-state index in [0.717, 1.165) is 10.0 Å². The zero-order valence-electron chi connectivity index (χ0n) is 15.1. The molecule has 3 rings (SSSR count). The number of aryl methyl sites for hydroxylation is 1. The number of benzene rings is 3. The van der Waals surface area contributed by atoms with Crippen molar-refractivity contribution in [2.75, 3.05) is 0 Å². The second kappa shape index (κ2) is 8.98. The summed E-state index contributed by atoms with van der Waals surface area (Å²) in [6.07, 6.45) is 0. The lowest BCUT2D eigenvalue weighted by Crippen LogP contribution is -2.30. The number of carbonyl (C=O) groups excluding carboxylic acids is 1. The smallest absolute Gasteiger partial charge is 0.267 e. The highest BCUT2D eigenvalue weighted by atomic mass is 79.9. The molecular weight excluding hydrogens is 522 g/mol. The number of rotatable bonds is 5. The Labute approximate surface area is 185 Å². The third-order valence-electron chi connectivity index (χ3n) is 3.84. The number of hydrogen-bond acceptors (Lipinski definition) is 5. The molecule has 0 radical (unpaired) electrons. The van der Waals surface area contributed by atoms with Crippen molar-refractivity contribution in [1.29, 1.82) is 0 Å². The number of nitrogens with one attached hydrogen (secondary N) is 1. The first kappa shape index (κ1) is 21.4. The largest absolute Gasteiger partial charge is 0.268 e. The molecule has 9 heteroatoms. The minimum Gasteiger partial charge on any atom is -0.268 e. The van der Waals surface area contributed by atoms with Crippen LogP contribution >= 0.6 is 31.9 Å². The number of amides is 1. The molecule has 3 aromatic carbocycles. The predicted octanol–water partition coefficient (Wildman–Crippen LogP) is 6.05. The van der Waals surface area contributed by atoms with Crippen LogP contribution in [0.15, 0.2) is 90.8 Å². The Bertz CT molecular complexity index is 1190. The van der Waals surface area contributed by atoms with Gasteiger partial charge in [0.15, 0.2) is 0 Å². The van der Waals surface area contributed by atoms with Gasteiger partial charge in [-0.3, -0.25) is 4.79 Å². The maximum Gasteiger partial charge on any atom is 0.267 e. The van der Waals surface area contributed by atoms with Crippen LogP contribution in [0.25, 0.3) is 0 Å². The molecule has 0 saturated carbocycles. The number of sulfonamides is 1. The van der Waals surface area contributed by atoms with Crippen LogP contribution in [-0.2, 0) is 10.0 Å². The summed E-state index contributed by atoms with van der Waals surface area (Å²) in [5, 5.41) is 8.26. The summed E-state index contributed by atoms with van der Waals surface area (Å²) in [5.41, 5.74) is 1.81. The molecule has 0 aliphatic heterocycles. The van der Waals surface area contributed by atoms with Crippen molar-refractivity contribution in [2.45, 2.75) is 11.8 Å². The van der Waals surface area contributed by atoms with Crippen LogP contribution < -0.4 is 4.72 Å². The third-order valence-corrected chi connectivity index (χ3v) is 6.18. The molecular formula is C20H15Br2N3O3S. The lowest BCUT2D eigenvalue weighted by Gasteiger charge is -2.09. The monoisotopic (exact) mass is 535 g/mol. The summed E-state index contributed by atoms with van der Waals surface area (Å²) < 4.78 is 28.6. The van der Waals surface area contributed by atoms with Gasteiger partial charge in [-0.2, -0.15) is 5.11 Å². The van der Waals surface area contributed by atoms with Crippen LogP contribution in [0.5, 0.6) is 0 Å². The molecule has 0 atom stereocenters. The molecule has 0 aromatic heterocycles.